The summed E-state index contributed by atoms with van der Waals surface area (Å²) in [4.78, 5) is 15.7. The molecule has 1 rings (SSSR count). The Hall–Kier alpha value is -1.18. The van der Waals surface area contributed by atoms with E-state index in [4.69, 9.17) is 0 Å². The number of carbonyl (C=O) groups is 1. The first-order valence-corrected chi connectivity index (χ1v) is 5.36. The molecule has 0 radical (unpaired) electrons. The van der Waals surface area contributed by atoms with Crippen molar-refractivity contribution in [1.82, 2.24) is 4.98 Å². The molecule has 82 valence electrons. The second kappa shape index (κ2) is 4.13. The summed E-state index contributed by atoms with van der Waals surface area (Å²) in [6.45, 7) is 10.3. The first kappa shape index (κ1) is 11.9. The van der Waals surface area contributed by atoms with E-state index in [0.29, 0.717) is 12.1 Å². The van der Waals surface area contributed by atoms with Gasteiger partial charge in [0.1, 0.15) is 5.69 Å². The van der Waals surface area contributed by atoms with E-state index in [1.165, 1.54) is 5.56 Å². The van der Waals surface area contributed by atoms with Crippen molar-refractivity contribution in [2.24, 2.45) is 0 Å². The highest BCUT2D eigenvalue weighted by Crippen LogP contribution is 2.25. The largest absolute Gasteiger partial charge is 0.292 e. The fourth-order valence-electron chi connectivity index (χ4n) is 1.67. The number of hydrogen-bond acceptors (Lipinski definition) is 2. The van der Waals surface area contributed by atoms with Gasteiger partial charge in [-0.2, -0.15) is 0 Å². The van der Waals surface area contributed by atoms with Crippen LogP contribution in [0, 0.1) is 6.92 Å². The summed E-state index contributed by atoms with van der Waals surface area (Å²) in [6.07, 6.45) is 2.35. The number of aromatic nitrogens is 1. The van der Waals surface area contributed by atoms with Gasteiger partial charge in [-0.05, 0) is 29.5 Å². The van der Waals surface area contributed by atoms with Gasteiger partial charge < -0.3 is 0 Å². The lowest BCUT2D eigenvalue weighted by atomic mass is 9.85. The molecule has 0 amide bonds. The van der Waals surface area contributed by atoms with Crippen LogP contribution in [0.3, 0.4) is 0 Å². The highest BCUT2D eigenvalue weighted by atomic mass is 16.1. The highest BCUT2D eigenvalue weighted by Gasteiger charge is 2.17. The SMILES string of the molecule is CCC(=O)c1cc(C)c(C(C)(C)C)cn1. The molecule has 0 unspecified atom stereocenters. The maximum atomic E-state index is 11.5. The van der Waals surface area contributed by atoms with Crippen LogP contribution in [-0.2, 0) is 5.41 Å². The minimum atomic E-state index is 0.0882. The Balaban J connectivity index is 3.15. The van der Waals surface area contributed by atoms with Crippen LogP contribution in [0.2, 0.25) is 0 Å². The lowest BCUT2D eigenvalue weighted by Crippen LogP contribution is -2.15. The lowest BCUT2D eigenvalue weighted by Gasteiger charge is -2.21. The van der Waals surface area contributed by atoms with Gasteiger partial charge in [0, 0.05) is 12.6 Å². The third kappa shape index (κ3) is 2.65. The summed E-state index contributed by atoms with van der Waals surface area (Å²) in [6, 6.07) is 1.90. The Labute approximate surface area is 91.7 Å². The van der Waals surface area contributed by atoms with Gasteiger partial charge in [-0.15, -0.1) is 0 Å². The molecule has 0 atom stereocenters. The third-order valence-electron chi connectivity index (χ3n) is 2.53. The molecule has 0 spiro atoms. The van der Waals surface area contributed by atoms with Crippen molar-refractivity contribution in [3.8, 4) is 0 Å². The van der Waals surface area contributed by atoms with Gasteiger partial charge in [0.25, 0.3) is 0 Å². The van der Waals surface area contributed by atoms with E-state index in [-0.39, 0.29) is 11.2 Å². The van der Waals surface area contributed by atoms with E-state index in [9.17, 15) is 4.79 Å². The van der Waals surface area contributed by atoms with Crippen molar-refractivity contribution in [2.75, 3.05) is 0 Å². The number of pyridine rings is 1. The number of Topliss-reactive ketones (excluding diaryl/α,β-unsaturated/α-hetero) is 1. The topological polar surface area (TPSA) is 30.0 Å². The molecule has 0 saturated carbocycles. The maximum Gasteiger partial charge on any atom is 0.180 e. The molecule has 1 heterocycles. The van der Waals surface area contributed by atoms with Gasteiger partial charge in [-0.3, -0.25) is 9.78 Å². The van der Waals surface area contributed by atoms with Gasteiger partial charge in [-0.1, -0.05) is 27.7 Å². The zero-order chi connectivity index (χ0) is 11.6. The van der Waals surface area contributed by atoms with Crippen LogP contribution < -0.4 is 0 Å². The van der Waals surface area contributed by atoms with E-state index >= 15 is 0 Å². The average molecular weight is 205 g/mol. The second-order valence-electron chi connectivity index (χ2n) is 4.91. The van der Waals surface area contributed by atoms with E-state index in [1.807, 2.05) is 26.1 Å². The minimum absolute atomic E-state index is 0.0882. The first-order chi connectivity index (χ1) is 6.86. The molecule has 1 aromatic rings. The third-order valence-corrected chi connectivity index (χ3v) is 2.53. The molecule has 0 aromatic carbocycles. The number of ketones is 1. The highest BCUT2D eigenvalue weighted by molar-refractivity contribution is 5.94. The van der Waals surface area contributed by atoms with Crippen molar-refractivity contribution < 1.29 is 4.79 Å². The van der Waals surface area contributed by atoms with E-state index in [2.05, 4.69) is 25.8 Å². The molecular formula is C13H19NO. The molecule has 2 heteroatoms. The van der Waals surface area contributed by atoms with E-state index in [0.717, 1.165) is 5.56 Å². The number of carbonyl (C=O) groups excluding carboxylic acids is 1. The monoisotopic (exact) mass is 205 g/mol. The van der Waals surface area contributed by atoms with Gasteiger partial charge >= 0.3 is 0 Å². The Morgan fingerprint density at radius 3 is 2.40 bits per heavy atom. The zero-order valence-electron chi connectivity index (χ0n) is 10.2. The molecule has 0 bridgehead atoms. The van der Waals surface area contributed by atoms with Gasteiger partial charge in [0.15, 0.2) is 5.78 Å². The predicted octanol–water partition coefficient (Wildman–Crippen LogP) is 3.28. The summed E-state index contributed by atoms with van der Waals surface area (Å²) >= 11 is 0. The quantitative estimate of drug-likeness (QED) is 0.693. The van der Waals surface area contributed by atoms with E-state index < -0.39 is 0 Å². The molecule has 1 aromatic heterocycles. The molecule has 0 aliphatic heterocycles. The molecule has 0 aliphatic rings. The van der Waals surface area contributed by atoms with Gasteiger partial charge in [0.2, 0.25) is 0 Å². The Morgan fingerprint density at radius 1 is 1.40 bits per heavy atom. The second-order valence-corrected chi connectivity index (χ2v) is 4.91. The molecule has 15 heavy (non-hydrogen) atoms. The summed E-state index contributed by atoms with van der Waals surface area (Å²) in [5, 5.41) is 0. The standard InChI is InChI=1S/C13H19NO/c1-6-12(15)11-7-9(2)10(8-14-11)13(3,4)5/h7-8H,6H2,1-5H3. The van der Waals surface area contributed by atoms with Crippen LogP contribution in [0.15, 0.2) is 12.3 Å². The van der Waals surface area contributed by atoms with Crippen molar-refractivity contribution in [2.45, 2.75) is 46.5 Å². The number of rotatable bonds is 2. The Morgan fingerprint density at radius 2 is 2.00 bits per heavy atom. The van der Waals surface area contributed by atoms with Crippen LogP contribution >= 0.6 is 0 Å². The normalized spacial score (nSPS) is 11.5. The summed E-state index contributed by atoms with van der Waals surface area (Å²) in [7, 11) is 0. The minimum Gasteiger partial charge on any atom is -0.292 e. The molecule has 0 N–H and O–H groups in total. The zero-order valence-corrected chi connectivity index (χ0v) is 10.2. The smallest absolute Gasteiger partial charge is 0.180 e. The Kier molecular flexibility index (Phi) is 3.28. The lowest BCUT2D eigenvalue weighted by molar-refractivity contribution is 0.0983. The van der Waals surface area contributed by atoms with Gasteiger partial charge in [0.05, 0.1) is 0 Å². The van der Waals surface area contributed by atoms with Crippen LogP contribution in [-0.4, -0.2) is 10.8 Å². The Bertz CT molecular complexity index is 375. The summed E-state index contributed by atoms with van der Waals surface area (Å²) in [5.41, 5.74) is 3.03. The molecule has 0 saturated heterocycles. The molecule has 2 nitrogen and oxygen atoms in total. The predicted molar refractivity (Wildman–Crippen MR) is 62.3 cm³/mol. The van der Waals surface area contributed by atoms with Crippen molar-refractivity contribution in [1.29, 1.82) is 0 Å². The maximum absolute atomic E-state index is 11.5. The first-order valence-electron chi connectivity index (χ1n) is 5.36. The van der Waals surface area contributed by atoms with Gasteiger partial charge in [-0.25, -0.2) is 0 Å². The van der Waals surface area contributed by atoms with Crippen LogP contribution in [0.25, 0.3) is 0 Å². The fraction of sp³-hybridized carbons (Fsp3) is 0.538. The summed E-state index contributed by atoms with van der Waals surface area (Å²) in [5.74, 6) is 0.110. The number of nitrogens with zero attached hydrogens (tertiary/aromatic N) is 1. The average Bonchev–Trinajstić information content (AvgIpc) is 2.14. The van der Waals surface area contributed by atoms with Crippen molar-refractivity contribution in [3.63, 3.8) is 0 Å². The molecule has 0 fully saturated rings. The van der Waals surface area contributed by atoms with Crippen LogP contribution in [0.5, 0.6) is 0 Å². The van der Waals surface area contributed by atoms with Crippen molar-refractivity contribution in [3.05, 3.63) is 29.1 Å². The summed E-state index contributed by atoms with van der Waals surface area (Å²) < 4.78 is 0. The fourth-order valence-corrected chi connectivity index (χ4v) is 1.67. The van der Waals surface area contributed by atoms with Crippen LogP contribution in [0.4, 0.5) is 0 Å². The molecular weight excluding hydrogens is 186 g/mol. The van der Waals surface area contributed by atoms with Crippen LogP contribution in [0.1, 0.15) is 55.7 Å². The van der Waals surface area contributed by atoms with Crippen molar-refractivity contribution >= 4 is 5.78 Å². The number of hydrogen-bond donors (Lipinski definition) is 0. The number of aryl methyl sites for hydroxylation is 1. The van der Waals surface area contributed by atoms with E-state index in [1.54, 1.807) is 0 Å². The molecule has 0 aliphatic carbocycles.